The van der Waals surface area contributed by atoms with Crippen molar-refractivity contribution in [2.24, 2.45) is 0 Å². The first kappa shape index (κ1) is 11.2. The van der Waals surface area contributed by atoms with Crippen molar-refractivity contribution in [2.45, 2.75) is 33.2 Å². The van der Waals surface area contributed by atoms with E-state index in [1.807, 2.05) is 7.05 Å². The minimum atomic E-state index is 0.352. The highest BCUT2D eigenvalue weighted by atomic mass is 15.1. The third kappa shape index (κ3) is 4.92. The van der Waals surface area contributed by atoms with E-state index in [0.717, 1.165) is 6.54 Å². The lowest BCUT2D eigenvalue weighted by molar-refractivity contribution is 0.287. The second-order valence-corrected chi connectivity index (χ2v) is 3.43. The summed E-state index contributed by atoms with van der Waals surface area (Å²) >= 11 is 0. The molecule has 1 atom stereocenters. The third-order valence-corrected chi connectivity index (χ3v) is 1.93. The van der Waals surface area contributed by atoms with Gasteiger partial charge in [0.1, 0.15) is 0 Å². The highest BCUT2D eigenvalue weighted by molar-refractivity contribution is 4.95. The number of nitrogens with zero attached hydrogens (tertiary/aromatic N) is 2. The fourth-order valence-corrected chi connectivity index (χ4v) is 0.794. The minimum Gasteiger partial charge on any atom is -0.299 e. The van der Waals surface area contributed by atoms with Crippen molar-refractivity contribution in [1.82, 2.24) is 4.90 Å². The predicted molar refractivity (Wildman–Crippen MR) is 51.8 cm³/mol. The van der Waals surface area contributed by atoms with Crippen LogP contribution in [0.25, 0.3) is 0 Å². The Morgan fingerprint density at radius 2 is 2.17 bits per heavy atom. The Balaban J connectivity index is 3.80. The second kappa shape index (κ2) is 5.79. The van der Waals surface area contributed by atoms with E-state index < -0.39 is 0 Å². The molecule has 0 aromatic rings. The summed E-state index contributed by atoms with van der Waals surface area (Å²) in [4.78, 5) is 2.18. The van der Waals surface area contributed by atoms with Crippen LogP contribution in [0.2, 0.25) is 0 Å². The Morgan fingerprint density at radius 3 is 2.58 bits per heavy atom. The maximum atomic E-state index is 8.47. The van der Waals surface area contributed by atoms with E-state index >= 15 is 0 Å². The van der Waals surface area contributed by atoms with Crippen molar-refractivity contribution >= 4 is 0 Å². The topological polar surface area (TPSA) is 27.0 Å². The van der Waals surface area contributed by atoms with Crippen LogP contribution >= 0.6 is 0 Å². The summed E-state index contributed by atoms with van der Waals surface area (Å²) in [6.07, 6.45) is 2.78. The van der Waals surface area contributed by atoms with Gasteiger partial charge in [-0.2, -0.15) is 5.26 Å². The Morgan fingerprint density at radius 1 is 1.58 bits per heavy atom. The van der Waals surface area contributed by atoms with Crippen LogP contribution in [-0.2, 0) is 0 Å². The zero-order valence-electron chi connectivity index (χ0n) is 8.46. The smallest absolute Gasteiger partial charge is 0.0638 e. The lowest BCUT2D eigenvalue weighted by atomic mass is 10.2. The second-order valence-electron chi connectivity index (χ2n) is 3.43. The van der Waals surface area contributed by atoms with Crippen LogP contribution in [0.15, 0.2) is 11.6 Å². The van der Waals surface area contributed by atoms with E-state index in [1.165, 1.54) is 5.57 Å². The quantitative estimate of drug-likeness (QED) is 0.598. The van der Waals surface area contributed by atoms with Gasteiger partial charge in [-0.25, -0.2) is 0 Å². The number of hydrogen-bond donors (Lipinski definition) is 0. The van der Waals surface area contributed by atoms with Crippen LogP contribution in [0.1, 0.15) is 27.2 Å². The minimum absolute atomic E-state index is 0.352. The number of likely N-dealkylation sites (N-methyl/N-ethyl adjacent to an activating group) is 1. The Labute approximate surface area is 75.5 Å². The first-order chi connectivity index (χ1) is 5.57. The Hall–Kier alpha value is -0.810. The molecule has 0 aliphatic carbocycles. The molecule has 0 aromatic heterocycles. The Kier molecular flexibility index (Phi) is 5.40. The molecule has 0 N–H and O–H groups in total. The van der Waals surface area contributed by atoms with Crippen molar-refractivity contribution in [1.29, 1.82) is 5.26 Å². The lowest BCUT2D eigenvalue weighted by Gasteiger charge is -2.20. The van der Waals surface area contributed by atoms with Crippen molar-refractivity contribution in [3.8, 4) is 6.07 Å². The van der Waals surface area contributed by atoms with Crippen molar-refractivity contribution in [3.05, 3.63) is 11.6 Å². The maximum Gasteiger partial charge on any atom is 0.0638 e. The van der Waals surface area contributed by atoms with E-state index in [1.54, 1.807) is 0 Å². The molecule has 2 heteroatoms. The van der Waals surface area contributed by atoms with E-state index in [4.69, 9.17) is 5.26 Å². The average Bonchev–Trinajstić information content (AvgIpc) is 2.00. The molecule has 0 spiro atoms. The molecule has 0 aliphatic heterocycles. The summed E-state index contributed by atoms with van der Waals surface area (Å²) < 4.78 is 0. The number of allylic oxidation sites excluding steroid dienone is 1. The summed E-state index contributed by atoms with van der Waals surface area (Å²) in [5, 5.41) is 8.47. The molecule has 0 saturated carbocycles. The summed E-state index contributed by atoms with van der Waals surface area (Å²) in [5.41, 5.74) is 1.33. The van der Waals surface area contributed by atoms with Crippen molar-refractivity contribution < 1.29 is 0 Å². The number of hydrogen-bond acceptors (Lipinski definition) is 2. The van der Waals surface area contributed by atoms with Crippen LogP contribution in [0, 0.1) is 11.3 Å². The standard InChI is InChI=1S/C10H18N2/c1-9(2)6-8-12(4)10(3)5-7-11/h6,10H,5,8H2,1-4H3. The van der Waals surface area contributed by atoms with Gasteiger partial charge in [0.2, 0.25) is 0 Å². The highest BCUT2D eigenvalue weighted by Crippen LogP contribution is 2.00. The maximum absolute atomic E-state index is 8.47. The SMILES string of the molecule is CC(C)=CCN(C)C(C)CC#N. The third-order valence-electron chi connectivity index (χ3n) is 1.93. The molecule has 0 radical (unpaired) electrons. The van der Waals surface area contributed by atoms with Gasteiger partial charge in [0.05, 0.1) is 12.5 Å². The van der Waals surface area contributed by atoms with Gasteiger partial charge in [0, 0.05) is 12.6 Å². The first-order valence-electron chi connectivity index (χ1n) is 4.28. The van der Waals surface area contributed by atoms with E-state index in [2.05, 4.69) is 37.8 Å². The van der Waals surface area contributed by atoms with Gasteiger partial charge in [0.15, 0.2) is 0 Å². The summed E-state index contributed by atoms with van der Waals surface area (Å²) in [7, 11) is 2.04. The zero-order chi connectivity index (χ0) is 9.56. The molecule has 0 rings (SSSR count). The highest BCUT2D eigenvalue weighted by Gasteiger charge is 2.05. The monoisotopic (exact) mass is 166 g/mol. The molecule has 0 aliphatic rings. The molecule has 12 heavy (non-hydrogen) atoms. The first-order valence-corrected chi connectivity index (χ1v) is 4.28. The summed E-state index contributed by atoms with van der Waals surface area (Å²) in [6.45, 7) is 7.18. The lowest BCUT2D eigenvalue weighted by Crippen LogP contribution is -2.28. The largest absolute Gasteiger partial charge is 0.299 e. The fourth-order valence-electron chi connectivity index (χ4n) is 0.794. The molecule has 1 unspecified atom stereocenters. The molecule has 2 nitrogen and oxygen atoms in total. The normalized spacial score (nSPS) is 12.3. The van der Waals surface area contributed by atoms with Gasteiger partial charge in [-0.3, -0.25) is 4.90 Å². The van der Waals surface area contributed by atoms with Crippen LogP contribution in [0.5, 0.6) is 0 Å². The molecule has 0 fully saturated rings. The predicted octanol–water partition coefficient (Wildman–Crippen LogP) is 2.19. The van der Waals surface area contributed by atoms with Crippen molar-refractivity contribution in [2.75, 3.05) is 13.6 Å². The molecule has 0 heterocycles. The summed E-state index contributed by atoms with van der Waals surface area (Å²) in [6, 6.07) is 2.53. The zero-order valence-corrected chi connectivity index (χ0v) is 8.46. The van der Waals surface area contributed by atoms with E-state index in [0.29, 0.717) is 12.5 Å². The van der Waals surface area contributed by atoms with Crippen LogP contribution in [0.4, 0.5) is 0 Å². The fraction of sp³-hybridized carbons (Fsp3) is 0.700. The average molecular weight is 166 g/mol. The van der Waals surface area contributed by atoms with Gasteiger partial charge < -0.3 is 0 Å². The van der Waals surface area contributed by atoms with Crippen LogP contribution in [0.3, 0.4) is 0 Å². The molecule has 0 bridgehead atoms. The summed E-state index contributed by atoms with van der Waals surface area (Å²) in [5.74, 6) is 0. The molecule has 0 amide bonds. The Bertz CT molecular complexity index is 185. The van der Waals surface area contributed by atoms with E-state index in [9.17, 15) is 0 Å². The molecule has 0 aromatic carbocycles. The van der Waals surface area contributed by atoms with Gasteiger partial charge in [-0.05, 0) is 27.8 Å². The van der Waals surface area contributed by atoms with Gasteiger partial charge in [-0.15, -0.1) is 0 Å². The molecule has 0 saturated heterocycles. The molecular weight excluding hydrogens is 148 g/mol. The number of nitriles is 1. The van der Waals surface area contributed by atoms with Crippen molar-refractivity contribution in [3.63, 3.8) is 0 Å². The van der Waals surface area contributed by atoms with Gasteiger partial charge >= 0.3 is 0 Å². The molecular formula is C10H18N2. The van der Waals surface area contributed by atoms with Crippen LogP contribution in [-0.4, -0.2) is 24.5 Å². The molecule has 68 valence electrons. The van der Waals surface area contributed by atoms with E-state index in [-0.39, 0.29) is 0 Å². The van der Waals surface area contributed by atoms with Gasteiger partial charge in [-0.1, -0.05) is 11.6 Å². The number of rotatable bonds is 4. The van der Waals surface area contributed by atoms with Crippen LogP contribution < -0.4 is 0 Å². The van der Waals surface area contributed by atoms with Gasteiger partial charge in [0.25, 0.3) is 0 Å².